The number of rotatable bonds is 3. The number of carbonyl (C=O) groups is 1. The summed E-state index contributed by atoms with van der Waals surface area (Å²) < 4.78 is 0. The van der Waals surface area contributed by atoms with E-state index in [0.29, 0.717) is 0 Å². The van der Waals surface area contributed by atoms with Crippen LogP contribution in [0.1, 0.15) is 10.4 Å². The van der Waals surface area contributed by atoms with Crippen molar-refractivity contribution in [2.75, 3.05) is 11.9 Å². The zero-order chi connectivity index (χ0) is 11.5. The number of aromatic nitrogens is 1. The molecular weight excluding hydrogens is 224 g/mol. The molecule has 82 valence electrons. The number of hydrogen-bond donors (Lipinski definition) is 1. The first-order valence-corrected chi connectivity index (χ1v) is 5.53. The number of nitrogens with zero attached hydrogens (tertiary/aromatic N) is 2. The first-order chi connectivity index (χ1) is 7.68. The minimum Gasteiger partial charge on any atom is -0.478 e. The predicted octanol–water partition coefficient (Wildman–Crippen LogP) is 2.61. The van der Waals surface area contributed by atoms with Crippen LogP contribution < -0.4 is 4.90 Å². The molecule has 0 aliphatic rings. The van der Waals surface area contributed by atoms with Crippen LogP contribution in [0, 0.1) is 0 Å². The molecule has 2 aromatic rings. The minimum atomic E-state index is -0.913. The van der Waals surface area contributed by atoms with E-state index < -0.39 is 5.97 Å². The molecule has 4 nitrogen and oxygen atoms in total. The Labute approximate surface area is 96.8 Å². The Morgan fingerprint density at radius 3 is 2.56 bits per heavy atom. The third-order valence-corrected chi connectivity index (χ3v) is 3.06. The maximum Gasteiger partial charge on any atom is 0.335 e. The summed E-state index contributed by atoms with van der Waals surface area (Å²) in [6, 6.07) is 6.71. The van der Waals surface area contributed by atoms with Gasteiger partial charge in [0.2, 0.25) is 0 Å². The summed E-state index contributed by atoms with van der Waals surface area (Å²) >= 11 is 1.53. The van der Waals surface area contributed by atoms with Gasteiger partial charge in [0.15, 0.2) is 5.13 Å². The topological polar surface area (TPSA) is 53.4 Å². The minimum absolute atomic E-state index is 0.288. The molecule has 0 atom stereocenters. The van der Waals surface area contributed by atoms with Gasteiger partial charge >= 0.3 is 5.97 Å². The van der Waals surface area contributed by atoms with E-state index in [0.717, 1.165) is 10.8 Å². The molecule has 0 amide bonds. The second kappa shape index (κ2) is 4.32. The maximum atomic E-state index is 10.7. The van der Waals surface area contributed by atoms with Gasteiger partial charge in [-0.3, -0.25) is 0 Å². The van der Waals surface area contributed by atoms with E-state index in [1.54, 1.807) is 30.5 Å². The molecule has 0 aliphatic carbocycles. The van der Waals surface area contributed by atoms with Crippen LogP contribution in [-0.4, -0.2) is 23.1 Å². The van der Waals surface area contributed by atoms with Crippen LogP contribution in [0.2, 0.25) is 0 Å². The number of benzene rings is 1. The summed E-state index contributed by atoms with van der Waals surface area (Å²) in [4.78, 5) is 16.8. The molecule has 1 heterocycles. The van der Waals surface area contributed by atoms with Crippen molar-refractivity contribution < 1.29 is 9.90 Å². The highest BCUT2D eigenvalue weighted by molar-refractivity contribution is 7.13. The maximum absolute atomic E-state index is 10.7. The first-order valence-electron chi connectivity index (χ1n) is 4.65. The van der Waals surface area contributed by atoms with Crippen molar-refractivity contribution >= 4 is 28.1 Å². The summed E-state index contributed by atoms with van der Waals surface area (Å²) in [5.74, 6) is -0.913. The fourth-order valence-corrected chi connectivity index (χ4v) is 1.95. The van der Waals surface area contributed by atoms with Gasteiger partial charge in [-0.25, -0.2) is 9.78 Å². The molecule has 0 fully saturated rings. The number of anilines is 2. The van der Waals surface area contributed by atoms with Crippen LogP contribution >= 0.6 is 11.3 Å². The highest BCUT2D eigenvalue weighted by atomic mass is 32.1. The molecule has 1 aromatic carbocycles. The van der Waals surface area contributed by atoms with Gasteiger partial charge in [-0.05, 0) is 24.3 Å². The highest BCUT2D eigenvalue weighted by Crippen LogP contribution is 2.25. The Bertz CT molecular complexity index is 479. The fraction of sp³-hybridized carbons (Fsp3) is 0.0909. The summed E-state index contributed by atoms with van der Waals surface area (Å²) in [6.07, 6.45) is 1.74. The van der Waals surface area contributed by atoms with Gasteiger partial charge < -0.3 is 10.0 Å². The zero-order valence-electron chi connectivity index (χ0n) is 8.62. The number of carboxylic acids is 1. The summed E-state index contributed by atoms with van der Waals surface area (Å²) in [5.41, 5.74) is 1.20. The lowest BCUT2D eigenvalue weighted by Gasteiger charge is -2.15. The van der Waals surface area contributed by atoms with Crippen molar-refractivity contribution in [2.24, 2.45) is 0 Å². The standard InChI is InChI=1S/C11H10N2O2S/c1-13(11-12-6-7-16-11)9-4-2-8(3-5-9)10(14)15/h2-7H,1H3,(H,14,15). The van der Waals surface area contributed by atoms with E-state index in [1.807, 2.05) is 17.3 Å². The molecule has 0 aliphatic heterocycles. The van der Waals surface area contributed by atoms with Crippen LogP contribution in [-0.2, 0) is 0 Å². The third kappa shape index (κ3) is 2.04. The average molecular weight is 234 g/mol. The van der Waals surface area contributed by atoms with Crippen molar-refractivity contribution in [1.29, 1.82) is 0 Å². The van der Waals surface area contributed by atoms with Crippen LogP contribution in [0.5, 0.6) is 0 Å². The van der Waals surface area contributed by atoms with Gasteiger partial charge in [0.1, 0.15) is 0 Å². The monoisotopic (exact) mass is 234 g/mol. The number of aromatic carboxylic acids is 1. The summed E-state index contributed by atoms with van der Waals surface area (Å²) in [6.45, 7) is 0. The molecule has 16 heavy (non-hydrogen) atoms. The number of carboxylic acid groups (broad SMARTS) is 1. The van der Waals surface area contributed by atoms with E-state index >= 15 is 0 Å². The molecule has 0 unspecified atom stereocenters. The van der Waals surface area contributed by atoms with Gasteiger partial charge in [0.25, 0.3) is 0 Å². The Morgan fingerprint density at radius 2 is 2.06 bits per heavy atom. The predicted molar refractivity (Wildman–Crippen MR) is 63.6 cm³/mol. The van der Waals surface area contributed by atoms with Crippen molar-refractivity contribution in [3.63, 3.8) is 0 Å². The number of thiazole rings is 1. The SMILES string of the molecule is CN(c1ccc(C(=O)O)cc1)c1nccs1. The molecule has 1 aromatic heterocycles. The van der Waals surface area contributed by atoms with E-state index in [9.17, 15) is 4.79 Å². The lowest BCUT2D eigenvalue weighted by atomic mass is 10.2. The van der Waals surface area contributed by atoms with Gasteiger partial charge in [-0.2, -0.15) is 0 Å². The lowest BCUT2D eigenvalue weighted by Crippen LogP contribution is -2.09. The van der Waals surface area contributed by atoms with Gasteiger partial charge in [0, 0.05) is 24.3 Å². The molecule has 5 heteroatoms. The largest absolute Gasteiger partial charge is 0.478 e. The number of hydrogen-bond acceptors (Lipinski definition) is 4. The first kappa shape index (κ1) is 10.6. The van der Waals surface area contributed by atoms with E-state index in [1.165, 1.54) is 11.3 Å². The molecule has 0 bridgehead atoms. The molecule has 0 spiro atoms. The van der Waals surface area contributed by atoms with Crippen molar-refractivity contribution in [1.82, 2.24) is 4.98 Å². The van der Waals surface area contributed by atoms with E-state index in [-0.39, 0.29) is 5.56 Å². The van der Waals surface area contributed by atoms with E-state index in [4.69, 9.17) is 5.11 Å². The highest BCUT2D eigenvalue weighted by Gasteiger charge is 2.07. The zero-order valence-corrected chi connectivity index (χ0v) is 9.44. The van der Waals surface area contributed by atoms with Crippen molar-refractivity contribution in [3.05, 3.63) is 41.4 Å². The van der Waals surface area contributed by atoms with Gasteiger partial charge in [-0.1, -0.05) is 0 Å². The summed E-state index contributed by atoms with van der Waals surface area (Å²) in [5, 5.41) is 11.6. The van der Waals surface area contributed by atoms with Crippen LogP contribution in [0.4, 0.5) is 10.8 Å². The van der Waals surface area contributed by atoms with Gasteiger partial charge in [-0.15, -0.1) is 11.3 Å². The van der Waals surface area contributed by atoms with Crippen LogP contribution in [0.3, 0.4) is 0 Å². The van der Waals surface area contributed by atoms with Crippen molar-refractivity contribution in [2.45, 2.75) is 0 Å². The molecule has 2 rings (SSSR count). The van der Waals surface area contributed by atoms with Crippen LogP contribution in [0.15, 0.2) is 35.8 Å². The molecule has 0 radical (unpaired) electrons. The fourth-order valence-electron chi connectivity index (χ4n) is 1.32. The average Bonchev–Trinajstić information content (AvgIpc) is 2.81. The second-order valence-electron chi connectivity index (χ2n) is 3.23. The van der Waals surface area contributed by atoms with Crippen molar-refractivity contribution in [3.8, 4) is 0 Å². The Morgan fingerprint density at radius 1 is 1.38 bits per heavy atom. The quantitative estimate of drug-likeness (QED) is 0.887. The van der Waals surface area contributed by atoms with E-state index in [2.05, 4.69) is 4.98 Å². The van der Waals surface area contributed by atoms with Crippen LogP contribution in [0.25, 0.3) is 0 Å². The third-order valence-electron chi connectivity index (χ3n) is 2.21. The normalized spacial score (nSPS) is 10.1. The lowest BCUT2D eigenvalue weighted by molar-refractivity contribution is 0.0697. The summed E-state index contributed by atoms with van der Waals surface area (Å²) in [7, 11) is 1.90. The Kier molecular flexibility index (Phi) is 2.87. The van der Waals surface area contributed by atoms with Gasteiger partial charge in [0.05, 0.1) is 5.56 Å². The second-order valence-corrected chi connectivity index (χ2v) is 4.10. The molecule has 0 saturated heterocycles. The Balaban J connectivity index is 2.25. The molecule has 1 N–H and O–H groups in total. The molecular formula is C11H10N2O2S. The Hall–Kier alpha value is -1.88. The molecule has 0 saturated carbocycles. The smallest absolute Gasteiger partial charge is 0.335 e.